The van der Waals surface area contributed by atoms with E-state index in [-0.39, 0.29) is 25.4 Å². The number of thiol groups is 1. The minimum Gasteiger partial charge on any atom is -0.457 e. The molecule has 0 saturated heterocycles. The third-order valence-electron chi connectivity index (χ3n) is 4.77. The van der Waals surface area contributed by atoms with Crippen molar-refractivity contribution in [3.05, 3.63) is 11.6 Å². The first-order valence-electron chi connectivity index (χ1n) is 9.87. The summed E-state index contributed by atoms with van der Waals surface area (Å²) in [5.41, 5.74) is 13.8. The van der Waals surface area contributed by atoms with Crippen LogP contribution in [0.1, 0.15) is 58.8 Å². The summed E-state index contributed by atoms with van der Waals surface area (Å²) in [5, 5.41) is 10.7. The molecule has 3 unspecified atom stereocenters. The number of cyclic esters (lactones) is 1. The first kappa shape index (κ1) is 24.9. The summed E-state index contributed by atoms with van der Waals surface area (Å²) in [6, 6.07) is -0.301. The zero-order valence-corrected chi connectivity index (χ0v) is 17.7. The molecule has 28 heavy (non-hydrogen) atoms. The topological polar surface area (TPSA) is 137 Å². The predicted molar refractivity (Wildman–Crippen MR) is 110 cm³/mol. The zero-order chi connectivity index (χ0) is 21.2. The highest BCUT2D eigenvalue weighted by Gasteiger charge is 2.49. The molecule has 0 aromatic rings. The number of carbonyl (C=O) groups excluding carboxylic acids is 2. The zero-order valence-electron chi connectivity index (χ0n) is 16.9. The molecular weight excluding hydrogens is 382 g/mol. The summed E-state index contributed by atoms with van der Waals surface area (Å²) < 4.78 is 5.53. The van der Waals surface area contributed by atoms with Crippen molar-refractivity contribution in [1.82, 2.24) is 5.48 Å². The lowest BCUT2D eigenvalue weighted by Gasteiger charge is -2.37. The summed E-state index contributed by atoms with van der Waals surface area (Å²) in [5.74, 6) is -0.901. The van der Waals surface area contributed by atoms with E-state index in [9.17, 15) is 14.7 Å². The normalized spacial score (nSPS) is 26.8. The number of hydrogen-bond acceptors (Lipinski definition) is 9. The smallest absolute Gasteiger partial charge is 0.348 e. The minimum absolute atomic E-state index is 0.0928. The Kier molecular flexibility index (Phi) is 11.1. The lowest BCUT2D eigenvalue weighted by molar-refractivity contribution is -0.177. The number of nitrogens with one attached hydrogen (secondary N) is 1. The van der Waals surface area contributed by atoms with Crippen molar-refractivity contribution in [1.29, 1.82) is 0 Å². The largest absolute Gasteiger partial charge is 0.457 e. The van der Waals surface area contributed by atoms with E-state index >= 15 is 0 Å². The van der Waals surface area contributed by atoms with Gasteiger partial charge in [0.2, 0.25) is 0 Å². The van der Waals surface area contributed by atoms with E-state index in [1.807, 2.05) is 19.9 Å². The average molecular weight is 418 g/mol. The second-order valence-corrected chi connectivity index (χ2v) is 7.83. The Balaban J connectivity index is 3.01. The van der Waals surface area contributed by atoms with Gasteiger partial charge in [-0.1, -0.05) is 31.4 Å². The highest BCUT2D eigenvalue weighted by molar-refractivity contribution is 7.80. The molecule has 0 saturated carbocycles. The maximum absolute atomic E-state index is 12.8. The molecule has 0 aromatic heterocycles. The van der Waals surface area contributed by atoms with Gasteiger partial charge in [0.25, 0.3) is 0 Å². The second-order valence-electron chi connectivity index (χ2n) is 7.46. The van der Waals surface area contributed by atoms with Crippen molar-refractivity contribution >= 4 is 24.6 Å². The standard InChI is InChI=1S/C19H35N3O5S/c1-3-9-19(21,18(25)27-22-11-14(20)12-28)17-15(23)8-6-4-5-7-13(2)10-16(24)26-17/h7,14-15,17,22-23,28H,3-6,8-12,20-21H2,1-2H3/b13-7-/t14?,15?,17?,19-/m1/s1. The van der Waals surface area contributed by atoms with Gasteiger partial charge in [-0.25, -0.2) is 4.79 Å². The molecule has 0 radical (unpaired) electrons. The number of allylic oxidation sites excluding steroid dienone is 1. The van der Waals surface area contributed by atoms with Crippen LogP contribution in [0.15, 0.2) is 11.6 Å². The van der Waals surface area contributed by atoms with Crippen molar-refractivity contribution in [3.8, 4) is 0 Å². The third-order valence-corrected chi connectivity index (χ3v) is 5.24. The molecule has 162 valence electrons. The van der Waals surface area contributed by atoms with Crippen molar-refractivity contribution in [2.75, 3.05) is 12.3 Å². The average Bonchev–Trinajstić information content (AvgIpc) is 2.67. The molecule has 0 bridgehead atoms. The number of carbonyl (C=O) groups is 2. The molecule has 0 aromatic carbocycles. The van der Waals surface area contributed by atoms with Crippen molar-refractivity contribution in [2.45, 2.75) is 82.6 Å². The highest BCUT2D eigenvalue weighted by atomic mass is 32.1. The van der Waals surface area contributed by atoms with Gasteiger partial charge in [0.1, 0.15) is 0 Å². The summed E-state index contributed by atoms with van der Waals surface area (Å²) in [7, 11) is 0. The molecule has 0 aliphatic carbocycles. The summed E-state index contributed by atoms with van der Waals surface area (Å²) >= 11 is 4.07. The fraction of sp³-hybridized carbons (Fsp3) is 0.789. The Morgan fingerprint density at radius 1 is 1.54 bits per heavy atom. The molecule has 6 N–H and O–H groups in total. The molecule has 1 heterocycles. The van der Waals surface area contributed by atoms with Crippen LogP contribution >= 0.6 is 12.6 Å². The van der Waals surface area contributed by atoms with Gasteiger partial charge in [-0.3, -0.25) is 4.79 Å². The van der Waals surface area contributed by atoms with Crippen molar-refractivity contribution in [3.63, 3.8) is 0 Å². The Bertz CT molecular complexity index is 546. The SMILES string of the molecule is CCC[C@](N)(C(=O)ONCC(N)CS)C1OC(=O)C/C(C)=C\CCCCC1O. The number of rotatable bonds is 8. The van der Waals surface area contributed by atoms with E-state index in [1.54, 1.807) is 0 Å². The maximum Gasteiger partial charge on any atom is 0.348 e. The molecule has 1 aliphatic rings. The van der Waals surface area contributed by atoms with Gasteiger partial charge in [0.05, 0.1) is 12.5 Å². The van der Waals surface area contributed by atoms with Gasteiger partial charge >= 0.3 is 11.9 Å². The van der Waals surface area contributed by atoms with Crippen LogP contribution < -0.4 is 16.9 Å². The number of aliphatic hydroxyl groups is 1. The predicted octanol–water partition coefficient (Wildman–Crippen LogP) is 0.972. The van der Waals surface area contributed by atoms with E-state index in [0.29, 0.717) is 18.6 Å². The van der Waals surface area contributed by atoms with Crippen molar-refractivity contribution < 1.29 is 24.3 Å². The van der Waals surface area contributed by atoms with Gasteiger partial charge in [0, 0.05) is 18.3 Å². The number of aliphatic hydroxyl groups excluding tert-OH is 1. The van der Waals surface area contributed by atoms with Crippen LogP contribution in [0.25, 0.3) is 0 Å². The van der Waals surface area contributed by atoms with Crippen LogP contribution in [0, 0.1) is 0 Å². The lowest BCUT2D eigenvalue weighted by Crippen LogP contribution is -2.64. The lowest BCUT2D eigenvalue weighted by atomic mass is 9.84. The molecule has 0 spiro atoms. The van der Waals surface area contributed by atoms with Crippen LogP contribution in [0.3, 0.4) is 0 Å². The van der Waals surface area contributed by atoms with Crippen molar-refractivity contribution in [2.24, 2.45) is 11.5 Å². The summed E-state index contributed by atoms with van der Waals surface area (Å²) in [6.07, 6.45) is 3.37. The van der Waals surface area contributed by atoms with Crippen LogP contribution in [-0.4, -0.2) is 53.1 Å². The number of ether oxygens (including phenoxy) is 1. The second kappa shape index (κ2) is 12.4. The van der Waals surface area contributed by atoms with Gasteiger partial charge in [-0.15, -0.1) is 0 Å². The minimum atomic E-state index is -1.67. The number of hydroxylamine groups is 1. The van der Waals surface area contributed by atoms with Crippen LogP contribution in [0.4, 0.5) is 0 Å². The van der Waals surface area contributed by atoms with Crippen LogP contribution in [0.5, 0.6) is 0 Å². The quantitative estimate of drug-likeness (QED) is 0.171. The van der Waals surface area contributed by atoms with Gasteiger partial charge in [0.15, 0.2) is 11.6 Å². The summed E-state index contributed by atoms with van der Waals surface area (Å²) in [4.78, 5) is 30.3. The van der Waals surface area contributed by atoms with Crippen LogP contribution in [-0.2, 0) is 19.2 Å². The molecule has 1 aliphatic heterocycles. The number of hydrogen-bond donors (Lipinski definition) is 5. The van der Waals surface area contributed by atoms with Gasteiger partial charge in [-0.2, -0.15) is 18.1 Å². The molecule has 1 rings (SSSR count). The van der Waals surface area contributed by atoms with E-state index in [0.717, 1.165) is 24.8 Å². The Hall–Kier alpha value is -1.13. The molecule has 9 heteroatoms. The summed E-state index contributed by atoms with van der Waals surface area (Å²) in [6.45, 7) is 3.91. The Morgan fingerprint density at radius 3 is 2.89 bits per heavy atom. The molecular formula is C19H35N3O5S. The fourth-order valence-corrected chi connectivity index (χ4v) is 3.28. The first-order chi connectivity index (χ1) is 13.2. The van der Waals surface area contributed by atoms with E-state index in [2.05, 4.69) is 18.1 Å². The number of nitrogens with two attached hydrogens (primary N) is 2. The maximum atomic E-state index is 12.8. The molecule has 4 atom stereocenters. The highest BCUT2D eigenvalue weighted by Crippen LogP contribution is 2.26. The van der Waals surface area contributed by atoms with E-state index in [1.165, 1.54) is 0 Å². The Morgan fingerprint density at radius 2 is 2.25 bits per heavy atom. The fourth-order valence-electron chi connectivity index (χ4n) is 3.16. The Labute approximate surface area is 172 Å². The third kappa shape index (κ3) is 7.71. The van der Waals surface area contributed by atoms with Crippen LogP contribution in [0.2, 0.25) is 0 Å². The first-order valence-corrected chi connectivity index (χ1v) is 10.5. The molecule has 0 amide bonds. The monoisotopic (exact) mass is 417 g/mol. The molecule has 8 nitrogen and oxygen atoms in total. The number of esters is 1. The van der Waals surface area contributed by atoms with Gasteiger partial charge < -0.3 is 26.1 Å². The van der Waals surface area contributed by atoms with E-state index < -0.39 is 29.7 Å². The van der Waals surface area contributed by atoms with E-state index in [4.69, 9.17) is 21.0 Å². The van der Waals surface area contributed by atoms with Gasteiger partial charge in [-0.05, 0) is 32.6 Å². The molecule has 0 fully saturated rings.